The number of imide groups is 1. The van der Waals surface area contributed by atoms with Crippen molar-refractivity contribution in [3.63, 3.8) is 0 Å². The van der Waals surface area contributed by atoms with E-state index in [4.69, 9.17) is 4.74 Å². The normalized spacial score (nSPS) is 18.5. The Morgan fingerprint density at radius 1 is 0.968 bits per heavy atom. The second kappa shape index (κ2) is 11.3. The second-order valence-electron chi connectivity index (χ2n) is 9.90. The van der Waals surface area contributed by atoms with Crippen LogP contribution in [0.25, 0.3) is 0 Å². The van der Waals surface area contributed by atoms with E-state index in [1.165, 1.54) is 4.90 Å². The molecular weight excluding hydrogens is 396 g/mol. The van der Waals surface area contributed by atoms with Crippen molar-refractivity contribution in [2.24, 2.45) is 10.8 Å². The molecular formula is C24H44N2O5. The molecule has 0 aromatic carbocycles. The van der Waals surface area contributed by atoms with E-state index in [1.54, 1.807) is 18.7 Å². The summed E-state index contributed by atoms with van der Waals surface area (Å²) in [7, 11) is 0. The lowest BCUT2D eigenvalue weighted by Crippen LogP contribution is -2.55. The predicted octanol–water partition coefficient (Wildman–Crippen LogP) is 4.93. The molecule has 0 aromatic rings. The molecule has 1 aliphatic rings. The van der Waals surface area contributed by atoms with Crippen LogP contribution in [-0.4, -0.2) is 64.2 Å². The average Bonchev–Trinajstić information content (AvgIpc) is 2.98. The van der Waals surface area contributed by atoms with Gasteiger partial charge in [-0.25, -0.2) is 4.79 Å². The smallest absolute Gasteiger partial charge is 0.327 e. The molecule has 1 rings (SSSR count). The minimum atomic E-state index is -1.03. The number of ether oxygens (including phenoxy) is 1. The SMILES string of the molecule is CCCC(OC(CCC)C(C)(C)C(CCC)N1C(=O)CN(CC)C1=O)C(C)(C)C(=O)O. The molecule has 1 aliphatic heterocycles. The first-order chi connectivity index (χ1) is 14.4. The fourth-order valence-electron chi connectivity index (χ4n) is 4.52. The number of carbonyl (C=O) groups is 3. The van der Waals surface area contributed by atoms with Gasteiger partial charge < -0.3 is 14.7 Å². The lowest BCUT2D eigenvalue weighted by atomic mass is 9.74. The molecule has 0 radical (unpaired) electrons. The molecule has 1 fully saturated rings. The molecule has 0 spiro atoms. The third kappa shape index (κ3) is 5.99. The fraction of sp³-hybridized carbons (Fsp3) is 0.875. The lowest BCUT2D eigenvalue weighted by Gasteiger charge is -2.46. The average molecular weight is 441 g/mol. The number of nitrogens with zero attached hydrogens (tertiary/aromatic N) is 2. The summed E-state index contributed by atoms with van der Waals surface area (Å²) in [6, 6.07) is -0.536. The van der Waals surface area contributed by atoms with Gasteiger partial charge in [-0.1, -0.05) is 53.9 Å². The van der Waals surface area contributed by atoms with Crippen molar-refractivity contribution in [1.29, 1.82) is 0 Å². The van der Waals surface area contributed by atoms with Crippen LogP contribution in [-0.2, 0) is 14.3 Å². The molecule has 0 aromatic heterocycles. The van der Waals surface area contributed by atoms with Gasteiger partial charge in [0.2, 0.25) is 0 Å². The maximum Gasteiger partial charge on any atom is 0.327 e. The van der Waals surface area contributed by atoms with Crippen molar-refractivity contribution >= 4 is 17.9 Å². The first-order valence-corrected chi connectivity index (χ1v) is 11.9. The number of likely N-dealkylation sites (N-methyl/N-ethyl adjacent to an activating group) is 1. The van der Waals surface area contributed by atoms with Crippen LogP contribution in [0.5, 0.6) is 0 Å². The zero-order valence-electron chi connectivity index (χ0n) is 20.9. The van der Waals surface area contributed by atoms with E-state index >= 15 is 0 Å². The van der Waals surface area contributed by atoms with Crippen LogP contribution in [0.1, 0.15) is 93.9 Å². The van der Waals surface area contributed by atoms with Gasteiger partial charge in [0.25, 0.3) is 5.91 Å². The standard InChI is InChI=1S/C24H44N2O5/c1-9-13-17(26-20(27)16-25(12-4)22(26)30)23(5,6)18(14-10-2)31-19(15-11-3)24(7,8)21(28)29/h17-19H,9-16H2,1-8H3,(H,28,29). The number of aliphatic carboxylic acids is 1. The topological polar surface area (TPSA) is 87.2 Å². The molecule has 7 heteroatoms. The number of hydrogen-bond donors (Lipinski definition) is 1. The Bertz CT molecular complexity index is 631. The minimum absolute atomic E-state index is 0.120. The van der Waals surface area contributed by atoms with E-state index < -0.39 is 22.9 Å². The van der Waals surface area contributed by atoms with Crippen molar-refractivity contribution < 1.29 is 24.2 Å². The third-order valence-corrected chi connectivity index (χ3v) is 6.80. The molecule has 0 aliphatic carbocycles. The van der Waals surface area contributed by atoms with Gasteiger partial charge >= 0.3 is 12.0 Å². The van der Waals surface area contributed by atoms with Crippen LogP contribution in [0, 0.1) is 10.8 Å². The van der Waals surface area contributed by atoms with Crippen molar-refractivity contribution in [1.82, 2.24) is 9.80 Å². The summed E-state index contributed by atoms with van der Waals surface area (Å²) in [6.07, 6.45) is 3.83. The first kappa shape index (κ1) is 27.4. The number of carboxylic acids is 1. The van der Waals surface area contributed by atoms with Gasteiger partial charge in [0.15, 0.2) is 0 Å². The number of urea groups is 1. The number of rotatable bonds is 14. The van der Waals surface area contributed by atoms with Crippen molar-refractivity contribution in [3.8, 4) is 0 Å². The van der Waals surface area contributed by atoms with Gasteiger partial charge in [-0.15, -0.1) is 0 Å². The van der Waals surface area contributed by atoms with E-state index in [0.717, 1.165) is 25.7 Å². The minimum Gasteiger partial charge on any atom is -0.481 e. The molecule has 7 nitrogen and oxygen atoms in total. The predicted molar refractivity (Wildman–Crippen MR) is 122 cm³/mol. The Morgan fingerprint density at radius 3 is 1.90 bits per heavy atom. The van der Waals surface area contributed by atoms with Gasteiger partial charge in [0.05, 0.1) is 17.6 Å². The molecule has 3 atom stereocenters. The highest BCUT2D eigenvalue weighted by Gasteiger charge is 2.50. The number of amides is 3. The maximum absolute atomic E-state index is 13.0. The quantitative estimate of drug-likeness (QED) is 0.387. The Hall–Kier alpha value is -1.63. The van der Waals surface area contributed by atoms with Crippen LogP contribution < -0.4 is 0 Å². The van der Waals surface area contributed by atoms with Crippen molar-refractivity contribution in [2.75, 3.05) is 13.1 Å². The number of hydrogen-bond acceptors (Lipinski definition) is 4. The highest BCUT2D eigenvalue weighted by atomic mass is 16.5. The van der Waals surface area contributed by atoms with E-state index in [0.29, 0.717) is 19.4 Å². The summed E-state index contributed by atoms with van der Waals surface area (Å²) >= 11 is 0. The van der Waals surface area contributed by atoms with Crippen LogP contribution >= 0.6 is 0 Å². The van der Waals surface area contributed by atoms with Gasteiger partial charge in [-0.2, -0.15) is 0 Å². The molecule has 1 saturated heterocycles. The maximum atomic E-state index is 13.0. The Labute approximate surface area is 188 Å². The molecule has 31 heavy (non-hydrogen) atoms. The monoisotopic (exact) mass is 440 g/mol. The highest BCUT2D eigenvalue weighted by molar-refractivity contribution is 6.02. The summed E-state index contributed by atoms with van der Waals surface area (Å²) in [5, 5.41) is 9.79. The molecule has 1 heterocycles. The number of carboxylic acid groups (broad SMARTS) is 1. The van der Waals surface area contributed by atoms with E-state index in [9.17, 15) is 19.5 Å². The first-order valence-electron chi connectivity index (χ1n) is 11.9. The van der Waals surface area contributed by atoms with Crippen LogP contribution in [0.2, 0.25) is 0 Å². The zero-order valence-corrected chi connectivity index (χ0v) is 20.9. The third-order valence-electron chi connectivity index (χ3n) is 6.80. The molecule has 0 bridgehead atoms. The number of carbonyl (C=O) groups excluding carboxylic acids is 2. The summed E-state index contributed by atoms with van der Waals surface area (Å²) in [5.74, 6) is -1.04. The molecule has 180 valence electrons. The summed E-state index contributed by atoms with van der Waals surface area (Å²) in [6.45, 7) is 16.2. The van der Waals surface area contributed by atoms with Crippen molar-refractivity contribution in [3.05, 3.63) is 0 Å². The highest BCUT2D eigenvalue weighted by Crippen LogP contribution is 2.40. The largest absolute Gasteiger partial charge is 0.481 e. The van der Waals surface area contributed by atoms with Gasteiger partial charge in [0.1, 0.15) is 6.54 Å². The van der Waals surface area contributed by atoms with E-state index in [1.807, 2.05) is 13.8 Å². The second-order valence-corrected chi connectivity index (χ2v) is 9.90. The van der Waals surface area contributed by atoms with Crippen LogP contribution in [0.3, 0.4) is 0 Å². The molecule has 3 unspecified atom stereocenters. The van der Waals surface area contributed by atoms with E-state index in [-0.39, 0.29) is 30.6 Å². The lowest BCUT2D eigenvalue weighted by molar-refractivity contribution is -0.171. The Morgan fingerprint density at radius 2 is 1.48 bits per heavy atom. The van der Waals surface area contributed by atoms with Crippen LogP contribution in [0.4, 0.5) is 4.79 Å². The van der Waals surface area contributed by atoms with Crippen molar-refractivity contribution in [2.45, 2.75) is 112 Å². The van der Waals surface area contributed by atoms with Gasteiger partial charge in [0, 0.05) is 18.0 Å². The summed E-state index contributed by atoms with van der Waals surface area (Å²) in [5.41, 5.74) is -1.56. The Balaban J connectivity index is 3.33. The van der Waals surface area contributed by atoms with E-state index in [2.05, 4.69) is 27.7 Å². The molecule has 1 N–H and O–H groups in total. The Kier molecular flexibility index (Phi) is 9.99. The summed E-state index contributed by atoms with van der Waals surface area (Å²) in [4.78, 5) is 40.7. The molecule has 0 saturated carbocycles. The fourth-order valence-corrected chi connectivity index (χ4v) is 4.52. The van der Waals surface area contributed by atoms with Gasteiger partial charge in [-0.05, 0) is 40.0 Å². The zero-order chi connectivity index (χ0) is 24.0. The van der Waals surface area contributed by atoms with Gasteiger partial charge in [-0.3, -0.25) is 14.5 Å². The molecule has 3 amide bonds. The summed E-state index contributed by atoms with van der Waals surface area (Å²) < 4.78 is 6.59. The van der Waals surface area contributed by atoms with Crippen LogP contribution in [0.15, 0.2) is 0 Å².